The second-order valence-electron chi connectivity index (χ2n) is 4.05. The molecule has 0 saturated carbocycles. The molecule has 1 rings (SSSR count). The van der Waals surface area contributed by atoms with Gasteiger partial charge in [0.2, 0.25) is 0 Å². The largest absolute Gasteiger partial charge is 0.481 e. The van der Waals surface area contributed by atoms with Gasteiger partial charge < -0.3 is 20.5 Å². The third-order valence-electron chi connectivity index (χ3n) is 2.54. The minimum Gasteiger partial charge on any atom is -0.481 e. The lowest BCUT2D eigenvalue weighted by Gasteiger charge is -2.16. The molecule has 1 heterocycles. The van der Waals surface area contributed by atoms with E-state index >= 15 is 0 Å². The van der Waals surface area contributed by atoms with Gasteiger partial charge in [-0.2, -0.15) is 0 Å². The van der Waals surface area contributed by atoms with E-state index in [1.165, 1.54) is 7.11 Å². The Kier molecular flexibility index (Phi) is 6.31. The first-order valence-electron chi connectivity index (χ1n) is 5.85. The number of methoxy groups -OCH3 is 1. The number of thiophene rings is 1. The molecule has 7 heteroatoms. The second kappa shape index (κ2) is 7.75. The van der Waals surface area contributed by atoms with E-state index in [-0.39, 0.29) is 25.0 Å². The molecule has 0 aliphatic carbocycles. The number of aliphatic carboxylic acids is 1. The maximum atomic E-state index is 11.6. The van der Waals surface area contributed by atoms with Gasteiger partial charge in [0.15, 0.2) is 0 Å². The van der Waals surface area contributed by atoms with Gasteiger partial charge in [0.05, 0.1) is 18.6 Å². The highest BCUT2D eigenvalue weighted by Gasteiger charge is 2.15. The predicted molar refractivity (Wildman–Crippen MR) is 72.3 cm³/mol. The van der Waals surface area contributed by atoms with Crippen molar-refractivity contribution in [1.82, 2.24) is 10.6 Å². The van der Waals surface area contributed by atoms with Crippen LogP contribution in [-0.2, 0) is 9.53 Å². The van der Waals surface area contributed by atoms with Gasteiger partial charge in [0, 0.05) is 18.5 Å². The maximum absolute atomic E-state index is 11.6. The van der Waals surface area contributed by atoms with Crippen LogP contribution in [0.3, 0.4) is 0 Å². The molecule has 0 spiro atoms. The number of nitrogens with one attached hydrogen (secondary N) is 2. The molecule has 1 aromatic heterocycles. The van der Waals surface area contributed by atoms with Crippen molar-refractivity contribution in [3.63, 3.8) is 0 Å². The molecule has 2 amide bonds. The highest BCUT2D eigenvalue weighted by Crippen LogP contribution is 2.17. The predicted octanol–water partition coefficient (Wildman–Crippen LogP) is 1.60. The Bertz CT molecular complexity index is 408. The quantitative estimate of drug-likeness (QED) is 0.710. The number of urea groups is 1. The van der Waals surface area contributed by atoms with E-state index in [9.17, 15) is 9.59 Å². The van der Waals surface area contributed by atoms with Crippen molar-refractivity contribution in [3.05, 3.63) is 22.4 Å². The molecule has 106 valence electrons. The summed E-state index contributed by atoms with van der Waals surface area (Å²) in [7, 11) is 1.42. The number of carboxylic acid groups (broad SMARTS) is 1. The van der Waals surface area contributed by atoms with Gasteiger partial charge >= 0.3 is 12.0 Å². The van der Waals surface area contributed by atoms with Crippen molar-refractivity contribution in [3.8, 4) is 0 Å². The van der Waals surface area contributed by atoms with Crippen LogP contribution in [0, 0.1) is 0 Å². The van der Waals surface area contributed by atoms with Crippen LogP contribution in [0.1, 0.15) is 24.3 Å². The van der Waals surface area contributed by atoms with Crippen LogP contribution in [0.25, 0.3) is 0 Å². The minimum atomic E-state index is -0.957. The average molecular weight is 286 g/mol. The van der Waals surface area contributed by atoms with Crippen molar-refractivity contribution in [1.29, 1.82) is 0 Å². The van der Waals surface area contributed by atoms with Gasteiger partial charge in [-0.1, -0.05) is 6.07 Å². The molecule has 6 nitrogen and oxygen atoms in total. The third-order valence-corrected chi connectivity index (χ3v) is 3.60. The van der Waals surface area contributed by atoms with Gasteiger partial charge in [-0.05, 0) is 18.4 Å². The van der Waals surface area contributed by atoms with Crippen molar-refractivity contribution in [2.24, 2.45) is 0 Å². The smallest absolute Gasteiger partial charge is 0.315 e. The lowest BCUT2D eigenvalue weighted by atomic mass is 10.2. The van der Waals surface area contributed by atoms with Crippen molar-refractivity contribution in [2.75, 3.05) is 13.7 Å². The van der Waals surface area contributed by atoms with Crippen molar-refractivity contribution < 1.29 is 19.4 Å². The van der Waals surface area contributed by atoms with Gasteiger partial charge in [0.1, 0.15) is 0 Å². The number of amides is 2. The summed E-state index contributed by atoms with van der Waals surface area (Å²) in [4.78, 5) is 23.2. The zero-order chi connectivity index (χ0) is 14.3. The number of rotatable bonds is 7. The molecular formula is C12H18N2O4S. The normalized spacial score (nSPS) is 13.6. The van der Waals surface area contributed by atoms with Gasteiger partial charge in [-0.25, -0.2) is 4.79 Å². The standard InChI is InChI=1S/C12H18N2O4S/c1-8(10-4-3-5-19-10)14-12(17)13-7-9(18-2)6-11(15)16/h3-5,8-9H,6-7H2,1-2H3,(H,15,16)(H2,13,14,17). The van der Waals surface area contributed by atoms with Crippen LogP contribution < -0.4 is 10.6 Å². The van der Waals surface area contributed by atoms with Gasteiger partial charge in [-0.3, -0.25) is 4.79 Å². The van der Waals surface area contributed by atoms with Crippen LogP contribution >= 0.6 is 11.3 Å². The molecule has 3 N–H and O–H groups in total. The number of hydrogen-bond donors (Lipinski definition) is 3. The number of carbonyl (C=O) groups is 2. The molecule has 0 aromatic carbocycles. The molecule has 0 aliphatic rings. The van der Waals surface area contributed by atoms with Crippen LogP contribution in [0.15, 0.2) is 17.5 Å². The molecule has 0 bridgehead atoms. The lowest BCUT2D eigenvalue weighted by molar-refractivity contribution is -0.139. The fourth-order valence-corrected chi connectivity index (χ4v) is 2.23. The molecule has 0 aliphatic heterocycles. The molecule has 0 saturated heterocycles. The Morgan fingerprint density at radius 2 is 2.26 bits per heavy atom. The zero-order valence-corrected chi connectivity index (χ0v) is 11.7. The number of ether oxygens (including phenoxy) is 1. The summed E-state index contributed by atoms with van der Waals surface area (Å²) in [6.45, 7) is 2.04. The second-order valence-corrected chi connectivity index (χ2v) is 5.03. The van der Waals surface area contributed by atoms with Crippen LogP contribution in [0.4, 0.5) is 4.79 Å². The fraction of sp³-hybridized carbons (Fsp3) is 0.500. The molecule has 1 aromatic rings. The fourth-order valence-electron chi connectivity index (χ4n) is 1.50. The Morgan fingerprint density at radius 1 is 1.53 bits per heavy atom. The summed E-state index contributed by atoms with van der Waals surface area (Å²) in [5.74, 6) is -0.957. The van der Waals surface area contributed by atoms with Crippen LogP contribution in [0.5, 0.6) is 0 Å². The van der Waals surface area contributed by atoms with E-state index in [2.05, 4.69) is 10.6 Å². The monoisotopic (exact) mass is 286 g/mol. The number of carboxylic acids is 1. The Morgan fingerprint density at radius 3 is 2.79 bits per heavy atom. The summed E-state index contributed by atoms with van der Waals surface area (Å²) in [5, 5.41) is 16.0. The van der Waals surface area contributed by atoms with E-state index in [0.29, 0.717) is 0 Å². The third kappa shape index (κ3) is 5.71. The maximum Gasteiger partial charge on any atom is 0.315 e. The van der Waals surface area contributed by atoms with Crippen molar-refractivity contribution in [2.45, 2.75) is 25.5 Å². The van der Waals surface area contributed by atoms with Gasteiger partial charge in [0.25, 0.3) is 0 Å². The topological polar surface area (TPSA) is 87.7 Å². The molecule has 2 unspecified atom stereocenters. The zero-order valence-electron chi connectivity index (χ0n) is 10.9. The summed E-state index contributed by atoms with van der Waals surface area (Å²) >= 11 is 1.57. The molecule has 0 fully saturated rings. The number of hydrogen-bond acceptors (Lipinski definition) is 4. The first kappa shape index (κ1) is 15.5. The summed E-state index contributed by atoms with van der Waals surface area (Å²) in [6.07, 6.45) is -0.669. The lowest BCUT2D eigenvalue weighted by Crippen LogP contribution is -2.41. The first-order chi connectivity index (χ1) is 9.02. The highest BCUT2D eigenvalue weighted by molar-refractivity contribution is 7.10. The van der Waals surface area contributed by atoms with E-state index in [0.717, 1.165) is 4.88 Å². The highest BCUT2D eigenvalue weighted by atomic mass is 32.1. The summed E-state index contributed by atoms with van der Waals surface area (Å²) < 4.78 is 4.97. The summed E-state index contributed by atoms with van der Waals surface area (Å²) in [6, 6.07) is 3.44. The first-order valence-corrected chi connectivity index (χ1v) is 6.73. The Hall–Kier alpha value is -1.60. The SMILES string of the molecule is COC(CNC(=O)NC(C)c1cccs1)CC(=O)O. The molecular weight excluding hydrogens is 268 g/mol. The molecule has 0 radical (unpaired) electrons. The van der Waals surface area contributed by atoms with Gasteiger partial charge in [-0.15, -0.1) is 11.3 Å². The van der Waals surface area contributed by atoms with E-state index in [1.54, 1.807) is 11.3 Å². The Labute approximate surface area is 115 Å². The number of carbonyl (C=O) groups excluding carboxylic acids is 1. The van der Waals surface area contributed by atoms with E-state index in [1.807, 2.05) is 24.4 Å². The van der Waals surface area contributed by atoms with E-state index < -0.39 is 12.1 Å². The van der Waals surface area contributed by atoms with Crippen LogP contribution in [-0.4, -0.2) is 36.9 Å². The van der Waals surface area contributed by atoms with Crippen LogP contribution in [0.2, 0.25) is 0 Å². The van der Waals surface area contributed by atoms with E-state index in [4.69, 9.17) is 9.84 Å². The average Bonchev–Trinajstić information content (AvgIpc) is 2.87. The minimum absolute atomic E-state index is 0.0829. The van der Waals surface area contributed by atoms with Crippen molar-refractivity contribution >= 4 is 23.3 Å². The summed E-state index contributed by atoms with van der Waals surface area (Å²) in [5.41, 5.74) is 0. The Balaban J connectivity index is 2.32. The molecule has 19 heavy (non-hydrogen) atoms. The molecule has 2 atom stereocenters.